The number of anilines is 2. The van der Waals surface area contributed by atoms with Crippen LogP contribution in [0, 0.1) is 13.8 Å². The molecule has 140 valence electrons. The highest BCUT2D eigenvalue weighted by molar-refractivity contribution is 7.22. The molecule has 2 heterocycles. The predicted octanol–water partition coefficient (Wildman–Crippen LogP) is 3.67. The lowest BCUT2D eigenvalue weighted by Crippen LogP contribution is -2.48. The molecule has 1 aromatic heterocycles. The topological polar surface area (TPSA) is 48.5 Å². The predicted molar refractivity (Wildman–Crippen MR) is 113 cm³/mol. The van der Waals surface area contributed by atoms with Crippen molar-refractivity contribution in [3.8, 4) is 0 Å². The summed E-state index contributed by atoms with van der Waals surface area (Å²) in [6.07, 6.45) is 0. The lowest BCUT2D eigenvalue weighted by molar-refractivity contribution is -0.117. The normalized spacial score (nSPS) is 15.3. The van der Waals surface area contributed by atoms with Crippen LogP contribution in [0.5, 0.6) is 0 Å². The molecule has 1 amide bonds. The molecule has 0 saturated carbocycles. The van der Waals surface area contributed by atoms with Gasteiger partial charge in [-0.1, -0.05) is 35.6 Å². The summed E-state index contributed by atoms with van der Waals surface area (Å²) in [5.41, 5.74) is 4.49. The fourth-order valence-corrected chi connectivity index (χ4v) is 4.71. The van der Waals surface area contributed by atoms with Gasteiger partial charge < -0.3 is 10.2 Å². The number of aryl methyl sites for hydroxylation is 2. The third-order valence-electron chi connectivity index (χ3n) is 4.89. The number of aromatic nitrogens is 1. The van der Waals surface area contributed by atoms with Crippen molar-refractivity contribution in [3.05, 3.63) is 53.6 Å². The van der Waals surface area contributed by atoms with Crippen LogP contribution in [0.15, 0.2) is 42.5 Å². The zero-order chi connectivity index (χ0) is 18.8. The van der Waals surface area contributed by atoms with E-state index in [0.717, 1.165) is 42.5 Å². The Morgan fingerprint density at radius 2 is 1.85 bits per heavy atom. The van der Waals surface area contributed by atoms with E-state index in [9.17, 15) is 4.79 Å². The molecule has 0 unspecified atom stereocenters. The Labute approximate surface area is 163 Å². The number of nitrogens with zero attached hydrogens (tertiary/aromatic N) is 3. The fraction of sp³-hybridized carbons (Fsp3) is 0.333. The lowest BCUT2D eigenvalue weighted by Gasteiger charge is -2.34. The van der Waals surface area contributed by atoms with Gasteiger partial charge in [0.05, 0.1) is 16.8 Å². The minimum Gasteiger partial charge on any atom is -0.345 e. The van der Waals surface area contributed by atoms with Crippen LogP contribution in [0.3, 0.4) is 0 Å². The molecule has 1 aliphatic heterocycles. The summed E-state index contributed by atoms with van der Waals surface area (Å²) in [4.78, 5) is 21.7. The van der Waals surface area contributed by atoms with Crippen LogP contribution in [0.1, 0.15) is 11.1 Å². The van der Waals surface area contributed by atoms with E-state index in [1.807, 2.05) is 30.3 Å². The van der Waals surface area contributed by atoms with E-state index in [0.29, 0.717) is 6.54 Å². The summed E-state index contributed by atoms with van der Waals surface area (Å²) in [7, 11) is 0. The Hall–Kier alpha value is -2.44. The second-order valence-electron chi connectivity index (χ2n) is 7.10. The minimum absolute atomic E-state index is 0.0423. The van der Waals surface area contributed by atoms with Crippen molar-refractivity contribution in [1.82, 2.24) is 9.88 Å². The number of para-hydroxylation sites is 1. The van der Waals surface area contributed by atoms with Crippen molar-refractivity contribution in [3.63, 3.8) is 0 Å². The van der Waals surface area contributed by atoms with Crippen LogP contribution >= 0.6 is 11.3 Å². The molecule has 0 bridgehead atoms. The lowest BCUT2D eigenvalue weighted by atomic mass is 10.1. The van der Waals surface area contributed by atoms with Gasteiger partial charge >= 0.3 is 0 Å². The van der Waals surface area contributed by atoms with Crippen molar-refractivity contribution in [2.24, 2.45) is 0 Å². The molecule has 1 fully saturated rings. The Morgan fingerprint density at radius 3 is 2.59 bits per heavy atom. The maximum atomic E-state index is 12.2. The van der Waals surface area contributed by atoms with E-state index < -0.39 is 0 Å². The van der Waals surface area contributed by atoms with Crippen molar-refractivity contribution >= 4 is 38.3 Å². The summed E-state index contributed by atoms with van der Waals surface area (Å²) in [5, 5.41) is 4.05. The molecule has 5 nitrogen and oxygen atoms in total. The molecule has 3 aromatic rings. The second-order valence-corrected chi connectivity index (χ2v) is 8.11. The second kappa shape index (κ2) is 7.66. The summed E-state index contributed by atoms with van der Waals surface area (Å²) >= 11 is 1.77. The molecular formula is C21H24N4OS. The number of hydrogen-bond donors (Lipinski definition) is 1. The minimum atomic E-state index is 0.0423. The smallest absolute Gasteiger partial charge is 0.238 e. The Bertz CT molecular complexity index is 945. The average molecular weight is 381 g/mol. The van der Waals surface area contributed by atoms with Gasteiger partial charge in [-0.2, -0.15) is 0 Å². The van der Waals surface area contributed by atoms with Crippen molar-refractivity contribution in [2.45, 2.75) is 13.8 Å². The molecule has 0 aliphatic carbocycles. The molecule has 0 spiro atoms. The van der Waals surface area contributed by atoms with Crippen LogP contribution in [-0.2, 0) is 4.79 Å². The van der Waals surface area contributed by atoms with E-state index >= 15 is 0 Å². The largest absolute Gasteiger partial charge is 0.345 e. The fourth-order valence-electron chi connectivity index (χ4n) is 3.52. The first-order chi connectivity index (χ1) is 13.1. The molecule has 2 aromatic carbocycles. The van der Waals surface area contributed by atoms with E-state index in [4.69, 9.17) is 4.98 Å². The number of amides is 1. The van der Waals surface area contributed by atoms with E-state index in [-0.39, 0.29) is 5.91 Å². The SMILES string of the molecule is Cc1cc(C)c2nc(N3CCN(CC(=O)Nc4ccccc4)CC3)sc2c1. The Morgan fingerprint density at radius 1 is 1.11 bits per heavy atom. The van der Waals surface area contributed by atoms with Crippen LogP contribution in [0.2, 0.25) is 0 Å². The third kappa shape index (κ3) is 4.12. The number of fused-ring (bicyclic) bond motifs is 1. The number of piperazine rings is 1. The van der Waals surface area contributed by atoms with Gasteiger partial charge in [-0.15, -0.1) is 0 Å². The molecule has 1 aliphatic rings. The van der Waals surface area contributed by atoms with E-state index in [1.165, 1.54) is 15.8 Å². The number of nitrogens with one attached hydrogen (secondary N) is 1. The van der Waals surface area contributed by atoms with E-state index in [1.54, 1.807) is 11.3 Å². The van der Waals surface area contributed by atoms with Crippen molar-refractivity contribution < 1.29 is 4.79 Å². The van der Waals surface area contributed by atoms with Crippen molar-refractivity contribution in [1.29, 1.82) is 0 Å². The summed E-state index contributed by atoms with van der Waals surface area (Å²) in [6.45, 7) is 8.23. The van der Waals surface area contributed by atoms with Crippen LogP contribution in [0.4, 0.5) is 10.8 Å². The highest BCUT2D eigenvalue weighted by Crippen LogP contribution is 2.32. The molecule has 6 heteroatoms. The maximum absolute atomic E-state index is 12.2. The molecule has 1 N–H and O–H groups in total. The molecule has 0 radical (unpaired) electrons. The van der Waals surface area contributed by atoms with Gasteiger partial charge in [0.15, 0.2) is 5.13 Å². The van der Waals surface area contributed by atoms with Crippen LogP contribution in [0.25, 0.3) is 10.2 Å². The zero-order valence-corrected chi connectivity index (χ0v) is 16.6. The number of carbonyl (C=O) groups excluding carboxylic acids is 1. The standard InChI is InChI=1S/C21H24N4OS/c1-15-12-16(2)20-18(13-15)27-21(23-20)25-10-8-24(9-11-25)14-19(26)22-17-6-4-3-5-7-17/h3-7,12-13H,8-11,14H2,1-2H3,(H,22,26). The first-order valence-corrected chi connectivity index (χ1v) is 10.1. The number of thiazole rings is 1. The van der Waals surface area contributed by atoms with E-state index in [2.05, 4.69) is 41.1 Å². The highest BCUT2D eigenvalue weighted by Gasteiger charge is 2.21. The Balaban J connectivity index is 1.35. The molecule has 27 heavy (non-hydrogen) atoms. The van der Waals surface area contributed by atoms with Crippen molar-refractivity contribution in [2.75, 3.05) is 42.9 Å². The molecule has 4 rings (SSSR count). The Kier molecular flexibility index (Phi) is 5.09. The monoisotopic (exact) mass is 380 g/mol. The first kappa shape index (κ1) is 17.9. The van der Waals surface area contributed by atoms with Crippen LogP contribution in [-0.4, -0.2) is 48.5 Å². The van der Waals surface area contributed by atoms with Gasteiger partial charge in [-0.3, -0.25) is 9.69 Å². The third-order valence-corrected chi connectivity index (χ3v) is 5.95. The molecular weight excluding hydrogens is 356 g/mol. The zero-order valence-electron chi connectivity index (χ0n) is 15.7. The number of hydrogen-bond acceptors (Lipinski definition) is 5. The van der Waals surface area contributed by atoms with Gasteiger partial charge in [-0.05, 0) is 43.2 Å². The van der Waals surface area contributed by atoms with Gasteiger partial charge in [0.25, 0.3) is 0 Å². The van der Waals surface area contributed by atoms with Crippen LogP contribution < -0.4 is 10.2 Å². The first-order valence-electron chi connectivity index (χ1n) is 9.28. The molecule has 1 saturated heterocycles. The molecule has 0 atom stereocenters. The van der Waals surface area contributed by atoms with Gasteiger partial charge in [0.1, 0.15) is 0 Å². The number of benzene rings is 2. The summed E-state index contributed by atoms with van der Waals surface area (Å²) < 4.78 is 1.26. The average Bonchev–Trinajstić information content (AvgIpc) is 3.07. The number of carbonyl (C=O) groups is 1. The van der Waals surface area contributed by atoms with Gasteiger partial charge in [0, 0.05) is 31.9 Å². The number of rotatable bonds is 4. The maximum Gasteiger partial charge on any atom is 0.238 e. The quantitative estimate of drug-likeness (QED) is 0.750. The van der Waals surface area contributed by atoms with Gasteiger partial charge in [0.2, 0.25) is 5.91 Å². The highest BCUT2D eigenvalue weighted by atomic mass is 32.1. The summed E-state index contributed by atoms with van der Waals surface area (Å²) in [5.74, 6) is 0.0423. The van der Waals surface area contributed by atoms with Gasteiger partial charge in [-0.25, -0.2) is 4.98 Å². The summed E-state index contributed by atoms with van der Waals surface area (Å²) in [6, 6.07) is 14.0.